The van der Waals surface area contributed by atoms with Gasteiger partial charge in [-0.25, -0.2) is 0 Å². The van der Waals surface area contributed by atoms with Crippen LogP contribution in [0, 0.1) is 0 Å². The molecule has 0 aromatic rings. The Bertz CT molecular complexity index is 190. The predicted octanol–water partition coefficient (Wildman–Crippen LogP) is 0.280. The fraction of sp³-hybridized carbons (Fsp3) is 0.889. The molecule has 14 heavy (non-hydrogen) atoms. The SMILES string of the molecule is CC(NCCC(N)=NO)C1CCCO1. The van der Waals surface area contributed by atoms with E-state index in [9.17, 15) is 0 Å². The molecule has 0 amide bonds. The van der Waals surface area contributed by atoms with Gasteiger partial charge >= 0.3 is 0 Å². The number of nitrogens with two attached hydrogens (primary N) is 1. The second kappa shape index (κ2) is 5.82. The minimum Gasteiger partial charge on any atom is -0.409 e. The van der Waals surface area contributed by atoms with Gasteiger partial charge in [0.05, 0.1) is 6.10 Å². The van der Waals surface area contributed by atoms with E-state index in [2.05, 4.69) is 17.4 Å². The van der Waals surface area contributed by atoms with Gasteiger partial charge in [-0.15, -0.1) is 0 Å². The molecule has 1 heterocycles. The fourth-order valence-electron chi connectivity index (χ4n) is 1.61. The highest BCUT2D eigenvalue weighted by atomic mass is 16.5. The third kappa shape index (κ3) is 3.51. The van der Waals surface area contributed by atoms with Crippen molar-refractivity contribution in [3.8, 4) is 0 Å². The van der Waals surface area contributed by atoms with Crippen molar-refractivity contribution in [3.05, 3.63) is 0 Å². The number of rotatable bonds is 5. The number of nitrogens with zero attached hydrogens (tertiary/aromatic N) is 1. The lowest BCUT2D eigenvalue weighted by Gasteiger charge is -2.19. The number of hydrogen-bond donors (Lipinski definition) is 3. The lowest BCUT2D eigenvalue weighted by molar-refractivity contribution is 0.0840. The molecule has 0 bridgehead atoms. The Kier molecular flexibility index (Phi) is 4.69. The highest BCUT2D eigenvalue weighted by Crippen LogP contribution is 2.15. The summed E-state index contributed by atoms with van der Waals surface area (Å²) in [6.07, 6.45) is 3.16. The minimum atomic E-state index is 0.261. The quantitative estimate of drug-likeness (QED) is 0.258. The molecule has 5 nitrogen and oxygen atoms in total. The van der Waals surface area contributed by atoms with Crippen molar-refractivity contribution in [1.82, 2.24) is 5.32 Å². The first kappa shape index (κ1) is 11.3. The smallest absolute Gasteiger partial charge is 0.140 e. The van der Waals surface area contributed by atoms with E-state index in [4.69, 9.17) is 15.7 Å². The summed E-state index contributed by atoms with van der Waals surface area (Å²) in [5, 5.41) is 14.5. The summed E-state index contributed by atoms with van der Waals surface area (Å²) in [6, 6.07) is 0.337. The van der Waals surface area contributed by atoms with Crippen LogP contribution in [0.1, 0.15) is 26.2 Å². The van der Waals surface area contributed by atoms with Crippen molar-refractivity contribution < 1.29 is 9.94 Å². The van der Waals surface area contributed by atoms with Crippen LogP contribution in [0.3, 0.4) is 0 Å². The van der Waals surface area contributed by atoms with Gasteiger partial charge in [-0.3, -0.25) is 0 Å². The van der Waals surface area contributed by atoms with Crippen molar-refractivity contribution in [3.63, 3.8) is 0 Å². The van der Waals surface area contributed by atoms with Crippen LogP contribution in [0.4, 0.5) is 0 Å². The van der Waals surface area contributed by atoms with E-state index in [0.717, 1.165) is 26.0 Å². The first-order chi connectivity index (χ1) is 6.74. The number of hydrogen-bond acceptors (Lipinski definition) is 4. The van der Waals surface area contributed by atoms with Gasteiger partial charge in [-0.2, -0.15) is 0 Å². The van der Waals surface area contributed by atoms with E-state index >= 15 is 0 Å². The van der Waals surface area contributed by atoms with Gasteiger partial charge in [0.15, 0.2) is 0 Å². The molecular weight excluding hydrogens is 182 g/mol. The van der Waals surface area contributed by atoms with Crippen molar-refractivity contribution in [2.75, 3.05) is 13.2 Å². The molecule has 0 radical (unpaired) electrons. The molecule has 4 N–H and O–H groups in total. The van der Waals surface area contributed by atoms with Crippen LogP contribution in [0.5, 0.6) is 0 Å². The van der Waals surface area contributed by atoms with Crippen LogP contribution in [0.25, 0.3) is 0 Å². The average molecular weight is 201 g/mol. The molecule has 1 fully saturated rings. The molecule has 0 aliphatic carbocycles. The maximum Gasteiger partial charge on any atom is 0.140 e. The van der Waals surface area contributed by atoms with Gasteiger partial charge in [0.2, 0.25) is 0 Å². The van der Waals surface area contributed by atoms with E-state index in [-0.39, 0.29) is 5.84 Å². The molecule has 82 valence electrons. The van der Waals surface area contributed by atoms with Gasteiger partial charge in [0.1, 0.15) is 5.84 Å². The molecule has 1 aliphatic rings. The normalized spacial score (nSPS) is 25.2. The van der Waals surface area contributed by atoms with Gasteiger partial charge in [0, 0.05) is 25.6 Å². The van der Waals surface area contributed by atoms with Crippen LogP contribution >= 0.6 is 0 Å². The van der Waals surface area contributed by atoms with Crippen molar-refractivity contribution in [2.24, 2.45) is 10.9 Å². The Morgan fingerprint density at radius 3 is 3.14 bits per heavy atom. The van der Waals surface area contributed by atoms with Crippen LogP contribution in [-0.2, 0) is 4.74 Å². The maximum absolute atomic E-state index is 8.32. The summed E-state index contributed by atoms with van der Waals surface area (Å²) in [4.78, 5) is 0. The zero-order chi connectivity index (χ0) is 10.4. The third-order valence-corrected chi connectivity index (χ3v) is 2.50. The summed E-state index contributed by atoms with van der Waals surface area (Å²) < 4.78 is 5.53. The Morgan fingerprint density at radius 2 is 2.57 bits per heavy atom. The van der Waals surface area contributed by atoms with Gasteiger partial charge in [-0.05, 0) is 19.8 Å². The van der Waals surface area contributed by atoms with Crippen LogP contribution in [0.2, 0.25) is 0 Å². The lowest BCUT2D eigenvalue weighted by Crippen LogP contribution is -2.38. The molecule has 0 spiro atoms. The van der Waals surface area contributed by atoms with Crippen molar-refractivity contribution >= 4 is 5.84 Å². The number of amidine groups is 1. The molecule has 2 unspecified atom stereocenters. The largest absolute Gasteiger partial charge is 0.409 e. The summed E-state index contributed by atoms with van der Waals surface area (Å²) >= 11 is 0. The topological polar surface area (TPSA) is 79.9 Å². The molecule has 1 saturated heterocycles. The summed E-state index contributed by atoms with van der Waals surface area (Å²) in [5.74, 6) is 0.261. The van der Waals surface area contributed by atoms with E-state index in [0.29, 0.717) is 18.6 Å². The second-order valence-corrected chi connectivity index (χ2v) is 3.64. The second-order valence-electron chi connectivity index (χ2n) is 3.64. The highest BCUT2D eigenvalue weighted by Gasteiger charge is 2.21. The molecule has 0 aromatic heterocycles. The molecular formula is C9H19N3O2. The van der Waals surface area contributed by atoms with Crippen LogP contribution < -0.4 is 11.1 Å². The third-order valence-electron chi connectivity index (χ3n) is 2.50. The highest BCUT2D eigenvalue weighted by molar-refractivity contribution is 5.79. The average Bonchev–Trinajstić information content (AvgIpc) is 2.70. The molecule has 0 saturated carbocycles. The minimum absolute atomic E-state index is 0.261. The molecule has 1 aliphatic heterocycles. The summed E-state index contributed by atoms with van der Waals surface area (Å²) in [6.45, 7) is 3.69. The summed E-state index contributed by atoms with van der Waals surface area (Å²) in [7, 11) is 0. The van der Waals surface area contributed by atoms with Crippen molar-refractivity contribution in [2.45, 2.75) is 38.3 Å². The van der Waals surface area contributed by atoms with E-state index in [1.165, 1.54) is 0 Å². The Morgan fingerprint density at radius 1 is 1.79 bits per heavy atom. The van der Waals surface area contributed by atoms with Crippen LogP contribution in [-0.4, -0.2) is 36.3 Å². The fourth-order valence-corrected chi connectivity index (χ4v) is 1.61. The first-order valence-electron chi connectivity index (χ1n) is 5.05. The zero-order valence-electron chi connectivity index (χ0n) is 8.57. The lowest BCUT2D eigenvalue weighted by atomic mass is 10.1. The maximum atomic E-state index is 8.32. The Balaban J connectivity index is 2.11. The van der Waals surface area contributed by atoms with Gasteiger partial charge in [0.25, 0.3) is 0 Å². The van der Waals surface area contributed by atoms with E-state index in [1.54, 1.807) is 0 Å². The van der Waals surface area contributed by atoms with Gasteiger partial charge < -0.3 is 21.0 Å². The molecule has 0 aromatic carbocycles. The summed E-state index contributed by atoms with van der Waals surface area (Å²) in [5.41, 5.74) is 5.34. The molecule has 2 atom stereocenters. The van der Waals surface area contributed by atoms with Crippen LogP contribution in [0.15, 0.2) is 5.16 Å². The number of nitrogens with one attached hydrogen (secondary N) is 1. The molecule has 5 heteroatoms. The number of ether oxygens (including phenoxy) is 1. The number of oxime groups is 1. The molecule has 1 rings (SSSR count). The monoisotopic (exact) mass is 201 g/mol. The Labute approximate surface area is 84.3 Å². The zero-order valence-corrected chi connectivity index (χ0v) is 8.57. The van der Waals surface area contributed by atoms with E-state index < -0.39 is 0 Å². The predicted molar refractivity (Wildman–Crippen MR) is 54.5 cm³/mol. The van der Waals surface area contributed by atoms with Gasteiger partial charge in [-0.1, -0.05) is 5.16 Å². The van der Waals surface area contributed by atoms with E-state index in [1.807, 2.05) is 0 Å². The first-order valence-corrected chi connectivity index (χ1v) is 5.05. The standard InChI is InChI=1S/C9H19N3O2/c1-7(8-3-2-6-14-8)11-5-4-9(10)12-13/h7-8,11,13H,2-6H2,1H3,(H2,10,12). The van der Waals surface area contributed by atoms with Crippen molar-refractivity contribution in [1.29, 1.82) is 0 Å². The Hall–Kier alpha value is -0.810.